The molecule has 82 valence electrons. The molecule has 0 heterocycles. The molecule has 0 aliphatic rings. The first-order chi connectivity index (χ1) is 6.86. The van der Waals surface area contributed by atoms with E-state index in [-0.39, 0.29) is 16.1 Å². The summed E-state index contributed by atoms with van der Waals surface area (Å²) in [6.07, 6.45) is 0. The van der Waals surface area contributed by atoms with E-state index in [0.717, 1.165) is 6.07 Å². The van der Waals surface area contributed by atoms with Crippen LogP contribution in [0.3, 0.4) is 0 Å². The van der Waals surface area contributed by atoms with Crippen LogP contribution in [-0.4, -0.2) is 14.3 Å². The zero-order valence-corrected chi connectivity index (χ0v) is 8.41. The van der Waals surface area contributed by atoms with Crippen molar-refractivity contribution in [1.29, 1.82) is 0 Å². The number of hydrogen-bond donors (Lipinski definition) is 4. The fraction of sp³-hybridized carbons (Fsp3) is 0. The molecule has 7 nitrogen and oxygen atoms in total. The maximum Gasteiger partial charge on any atom is 0.250 e. The van der Waals surface area contributed by atoms with Crippen LogP contribution in [-0.2, 0) is 10.0 Å². The van der Waals surface area contributed by atoms with Gasteiger partial charge in [0.25, 0.3) is 5.91 Å². The Kier molecular flexibility index (Phi) is 2.93. The number of primary sulfonamides is 1. The highest BCUT2D eigenvalue weighted by Crippen LogP contribution is 2.18. The summed E-state index contributed by atoms with van der Waals surface area (Å²) in [5.41, 5.74) is 7.44. The van der Waals surface area contributed by atoms with Crippen LogP contribution in [0.2, 0.25) is 0 Å². The third kappa shape index (κ3) is 2.43. The monoisotopic (exact) mass is 230 g/mol. The number of primary amides is 1. The molecular weight excluding hydrogens is 220 g/mol. The number of rotatable bonds is 3. The number of carbonyl (C=O) groups is 1. The van der Waals surface area contributed by atoms with Gasteiger partial charge in [-0.15, -0.1) is 0 Å². The highest BCUT2D eigenvalue weighted by molar-refractivity contribution is 7.89. The van der Waals surface area contributed by atoms with Gasteiger partial charge in [0, 0.05) is 0 Å². The largest absolute Gasteiger partial charge is 0.366 e. The number of carbonyl (C=O) groups excluding carboxylic acids is 1. The van der Waals surface area contributed by atoms with Crippen molar-refractivity contribution in [3.8, 4) is 0 Å². The molecule has 0 saturated heterocycles. The molecule has 1 rings (SSSR count). The van der Waals surface area contributed by atoms with Crippen LogP contribution in [0.25, 0.3) is 0 Å². The lowest BCUT2D eigenvalue weighted by atomic mass is 10.2. The summed E-state index contributed by atoms with van der Waals surface area (Å²) in [5.74, 6) is 4.31. The standard InChI is InChI=1S/C7H10N4O3S/c8-7(12)5-3-4(15(10,13)14)1-2-6(5)11-9/h1-3,11H,9H2,(H2,8,12)(H2,10,13,14). The number of nitrogen functional groups attached to an aromatic ring is 1. The zero-order valence-electron chi connectivity index (χ0n) is 7.60. The topological polar surface area (TPSA) is 141 Å². The van der Waals surface area contributed by atoms with Crippen molar-refractivity contribution in [2.45, 2.75) is 4.90 Å². The van der Waals surface area contributed by atoms with E-state index in [2.05, 4.69) is 5.43 Å². The molecule has 0 spiro atoms. The maximum absolute atomic E-state index is 11.0. The molecular formula is C7H10N4O3S. The first-order valence-electron chi connectivity index (χ1n) is 3.79. The number of amides is 1. The van der Waals surface area contributed by atoms with Crippen molar-refractivity contribution < 1.29 is 13.2 Å². The number of hydrogen-bond acceptors (Lipinski definition) is 5. The van der Waals surface area contributed by atoms with Gasteiger partial charge in [-0.2, -0.15) is 0 Å². The summed E-state index contributed by atoms with van der Waals surface area (Å²) in [5, 5.41) is 4.89. The number of benzene rings is 1. The minimum atomic E-state index is -3.86. The lowest BCUT2D eigenvalue weighted by Gasteiger charge is -2.07. The molecule has 0 unspecified atom stereocenters. The smallest absolute Gasteiger partial charge is 0.250 e. The molecule has 0 aliphatic carbocycles. The van der Waals surface area contributed by atoms with Crippen LogP contribution in [0.1, 0.15) is 10.4 Å². The molecule has 0 atom stereocenters. The molecule has 0 aromatic heterocycles. The average Bonchev–Trinajstić information content (AvgIpc) is 2.15. The van der Waals surface area contributed by atoms with Crippen molar-refractivity contribution in [2.75, 3.05) is 5.43 Å². The predicted octanol–water partition coefficient (Wildman–Crippen LogP) is -1.28. The van der Waals surface area contributed by atoms with Gasteiger partial charge in [0.05, 0.1) is 16.1 Å². The third-order valence-corrected chi connectivity index (χ3v) is 2.65. The minimum Gasteiger partial charge on any atom is -0.366 e. The summed E-state index contributed by atoms with van der Waals surface area (Å²) in [6.45, 7) is 0. The Hall–Kier alpha value is -1.64. The Morgan fingerprint density at radius 3 is 2.33 bits per heavy atom. The Morgan fingerprint density at radius 2 is 1.93 bits per heavy atom. The van der Waals surface area contributed by atoms with Gasteiger partial charge >= 0.3 is 0 Å². The van der Waals surface area contributed by atoms with E-state index < -0.39 is 15.9 Å². The van der Waals surface area contributed by atoms with E-state index in [9.17, 15) is 13.2 Å². The van der Waals surface area contributed by atoms with Crippen molar-refractivity contribution in [2.24, 2.45) is 16.7 Å². The fourth-order valence-electron chi connectivity index (χ4n) is 1.03. The number of nitrogens with two attached hydrogens (primary N) is 3. The van der Waals surface area contributed by atoms with E-state index in [1.54, 1.807) is 0 Å². The number of anilines is 1. The maximum atomic E-state index is 11.0. The Bertz CT molecular complexity index is 497. The molecule has 0 saturated carbocycles. The van der Waals surface area contributed by atoms with E-state index in [1.807, 2.05) is 0 Å². The Morgan fingerprint density at radius 1 is 1.33 bits per heavy atom. The molecule has 0 bridgehead atoms. The third-order valence-electron chi connectivity index (χ3n) is 1.74. The van der Waals surface area contributed by atoms with Crippen LogP contribution in [0.5, 0.6) is 0 Å². The first-order valence-corrected chi connectivity index (χ1v) is 5.34. The predicted molar refractivity (Wildman–Crippen MR) is 54.1 cm³/mol. The molecule has 0 radical (unpaired) electrons. The summed E-state index contributed by atoms with van der Waals surface area (Å²) >= 11 is 0. The normalized spacial score (nSPS) is 11.1. The van der Waals surface area contributed by atoms with E-state index in [4.69, 9.17) is 16.7 Å². The van der Waals surface area contributed by atoms with E-state index >= 15 is 0 Å². The quantitative estimate of drug-likeness (QED) is 0.378. The summed E-state index contributed by atoms with van der Waals surface area (Å²) < 4.78 is 22.0. The molecule has 8 heteroatoms. The van der Waals surface area contributed by atoms with Gasteiger partial charge in [0.15, 0.2) is 0 Å². The van der Waals surface area contributed by atoms with Crippen molar-refractivity contribution in [3.05, 3.63) is 23.8 Å². The highest BCUT2D eigenvalue weighted by atomic mass is 32.2. The summed E-state index contributed by atoms with van der Waals surface area (Å²) in [6, 6.07) is 3.59. The second kappa shape index (κ2) is 3.85. The zero-order chi connectivity index (χ0) is 11.6. The highest BCUT2D eigenvalue weighted by Gasteiger charge is 2.13. The Balaban J connectivity index is 3.42. The Labute approximate surface area is 86.3 Å². The van der Waals surface area contributed by atoms with Crippen molar-refractivity contribution >= 4 is 21.6 Å². The van der Waals surface area contributed by atoms with E-state index in [0.29, 0.717) is 0 Å². The molecule has 1 amide bonds. The van der Waals surface area contributed by atoms with Gasteiger partial charge in [-0.1, -0.05) is 0 Å². The second-order valence-corrected chi connectivity index (χ2v) is 4.32. The molecule has 0 aliphatic heterocycles. The van der Waals surface area contributed by atoms with Gasteiger partial charge < -0.3 is 11.2 Å². The van der Waals surface area contributed by atoms with Crippen LogP contribution in [0.15, 0.2) is 23.1 Å². The minimum absolute atomic E-state index is 0.0379. The van der Waals surface area contributed by atoms with Crippen LogP contribution >= 0.6 is 0 Å². The lowest BCUT2D eigenvalue weighted by Crippen LogP contribution is -2.19. The van der Waals surface area contributed by atoms with Gasteiger partial charge in [0.2, 0.25) is 10.0 Å². The van der Waals surface area contributed by atoms with Gasteiger partial charge in [-0.25, -0.2) is 13.6 Å². The first kappa shape index (κ1) is 11.4. The molecule has 15 heavy (non-hydrogen) atoms. The van der Waals surface area contributed by atoms with Crippen LogP contribution < -0.4 is 22.1 Å². The molecule has 1 aromatic carbocycles. The summed E-state index contributed by atoms with van der Waals surface area (Å²) in [4.78, 5) is 10.8. The fourth-order valence-corrected chi connectivity index (χ4v) is 1.57. The SMILES string of the molecule is NNc1ccc(S(N)(=O)=O)cc1C(N)=O. The van der Waals surface area contributed by atoms with Crippen LogP contribution in [0, 0.1) is 0 Å². The van der Waals surface area contributed by atoms with E-state index in [1.165, 1.54) is 12.1 Å². The lowest BCUT2D eigenvalue weighted by molar-refractivity contribution is 0.100. The number of sulfonamides is 1. The average molecular weight is 230 g/mol. The van der Waals surface area contributed by atoms with Gasteiger partial charge in [-0.3, -0.25) is 10.6 Å². The van der Waals surface area contributed by atoms with Gasteiger partial charge in [-0.05, 0) is 18.2 Å². The van der Waals surface area contributed by atoms with Crippen molar-refractivity contribution in [3.63, 3.8) is 0 Å². The number of hydrazine groups is 1. The molecule has 0 fully saturated rings. The van der Waals surface area contributed by atoms with Crippen LogP contribution in [0.4, 0.5) is 5.69 Å². The molecule has 7 N–H and O–H groups in total. The second-order valence-electron chi connectivity index (χ2n) is 2.76. The summed E-state index contributed by atoms with van der Waals surface area (Å²) in [7, 11) is -3.86. The van der Waals surface area contributed by atoms with Gasteiger partial charge in [0.1, 0.15) is 0 Å². The number of nitrogens with one attached hydrogen (secondary N) is 1. The molecule has 1 aromatic rings. The van der Waals surface area contributed by atoms with Crippen molar-refractivity contribution in [1.82, 2.24) is 0 Å².